The molecule has 5 heteroatoms. The summed E-state index contributed by atoms with van der Waals surface area (Å²) < 4.78 is 5.40. The largest absolute Gasteiger partial charge is 0.397 e. The van der Waals surface area contributed by atoms with Gasteiger partial charge in [0.25, 0.3) is 5.91 Å². The van der Waals surface area contributed by atoms with Crippen LogP contribution in [-0.4, -0.2) is 32.7 Å². The lowest BCUT2D eigenvalue weighted by atomic mass is 9.82. The van der Waals surface area contributed by atoms with Gasteiger partial charge in [0, 0.05) is 32.4 Å². The molecule has 4 N–H and O–H groups in total. The van der Waals surface area contributed by atoms with Crippen molar-refractivity contribution < 1.29 is 9.53 Å². The number of nitrogens with one attached hydrogen (secondary N) is 2. The van der Waals surface area contributed by atoms with E-state index in [0.717, 1.165) is 38.3 Å². The van der Waals surface area contributed by atoms with Crippen LogP contribution < -0.4 is 16.4 Å². The second-order valence-electron chi connectivity index (χ2n) is 5.66. The molecule has 0 spiro atoms. The third-order valence-corrected chi connectivity index (χ3v) is 3.95. The molecular formula is C15H23N3O2. The molecule has 1 aromatic carbocycles. The second-order valence-corrected chi connectivity index (χ2v) is 5.66. The number of hydrogen-bond acceptors (Lipinski definition) is 4. The summed E-state index contributed by atoms with van der Waals surface area (Å²) in [5, 5.41) is 5.98. The van der Waals surface area contributed by atoms with Gasteiger partial charge in [-0.15, -0.1) is 0 Å². The average Bonchev–Trinajstić information content (AvgIpc) is 2.46. The first-order valence-corrected chi connectivity index (χ1v) is 6.97. The predicted octanol–water partition coefficient (Wildman–Crippen LogP) is 1.86. The van der Waals surface area contributed by atoms with E-state index < -0.39 is 0 Å². The molecule has 0 bridgehead atoms. The molecule has 1 saturated heterocycles. The van der Waals surface area contributed by atoms with Crippen LogP contribution in [0.4, 0.5) is 11.4 Å². The third kappa shape index (κ3) is 3.42. The number of nitrogen functional groups attached to an aromatic ring is 1. The lowest BCUT2D eigenvalue weighted by molar-refractivity contribution is 0.0300. The van der Waals surface area contributed by atoms with Crippen LogP contribution in [0.2, 0.25) is 0 Å². The van der Waals surface area contributed by atoms with Crippen molar-refractivity contribution in [3.63, 3.8) is 0 Å². The maximum Gasteiger partial charge on any atom is 0.251 e. The number of nitrogens with two attached hydrogens (primary N) is 1. The number of rotatable bonds is 4. The molecule has 0 aromatic heterocycles. The van der Waals surface area contributed by atoms with Crippen LogP contribution in [0, 0.1) is 5.41 Å². The summed E-state index contributed by atoms with van der Waals surface area (Å²) in [6.07, 6.45) is 2.10. The maximum absolute atomic E-state index is 11.5. The van der Waals surface area contributed by atoms with Crippen molar-refractivity contribution in [2.24, 2.45) is 5.41 Å². The number of amides is 1. The Kier molecular flexibility index (Phi) is 4.49. The summed E-state index contributed by atoms with van der Waals surface area (Å²) in [5.41, 5.74) is 8.30. The molecule has 1 aliphatic rings. The molecule has 110 valence electrons. The number of benzene rings is 1. The van der Waals surface area contributed by atoms with E-state index in [9.17, 15) is 4.79 Å². The fourth-order valence-electron chi connectivity index (χ4n) is 2.36. The van der Waals surface area contributed by atoms with Crippen LogP contribution in [0.3, 0.4) is 0 Å². The first-order chi connectivity index (χ1) is 9.54. The van der Waals surface area contributed by atoms with Crippen molar-refractivity contribution in [3.8, 4) is 0 Å². The van der Waals surface area contributed by atoms with Gasteiger partial charge in [0.05, 0.1) is 11.4 Å². The van der Waals surface area contributed by atoms with Crippen molar-refractivity contribution in [3.05, 3.63) is 23.8 Å². The number of carbonyl (C=O) groups excluding carboxylic acids is 1. The van der Waals surface area contributed by atoms with Crippen molar-refractivity contribution in [2.75, 3.05) is 37.9 Å². The van der Waals surface area contributed by atoms with Gasteiger partial charge >= 0.3 is 0 Å². The van der Waals surface area contributed by atoms with Crippen LogP contribution in [0.25, 0.3) is 0 Å². The molecule has 0 unspecified atom stereocenters. The van der Waals surface area contributed by atoms with E-state index in [1.807, 2.05) is 6.07 Å². The monoisotopic (exact) mass is 277 g/mol. The number of carbonyl (C=O) groups is 1. The van der Waals surface area contributed by atoms with E-state index in [0.29, 0.717) is 11.3 Å². The van der Waals surface area contributed by atoms with E-state index >= 15 is 0 Å². The van der Waals surface area contributed by atoms with Crippen LogP contribution in [0.1, 0.15) is 30.1 Å². The van der Waals surface area contributed by atoms with Gasteiger partial charge in [-0.05, 0) is 36.5 Å². The van der Waals surface area contributed by atoms with Crippen molar-refractivity contribution in [1.82, 2.24) is 5.32 Å². The zero-order valence-electron chi connectivity index (χ0n) is 12.2. The molecule has 1 amide bonds. The fraction of sp³-hybridized carbons (Fsp3) is 0.533. The first kappa shape index (κ1) is 14.7. The number of ether oxygens (including phenoxy) is 1. The predicted molar refractivity (Wildman–Crippen MR) is 80.9 cm³/mol. The smallest absolute Gasteiger partial charge is 0.251 e. The normalized spacial score (nSPS) is 17.5. The molecule has 20 heavy (non-hydrogen) atoms. The summed E-state index contributed by atoms with van der Waals surface area (Å²) in [6.45, 7) is 4.77. The standard InChI is InChI=1S/C15H23N3O2/c1-15(5-7-20-8-6-15)10-18-13-4-3-11(9-12(13)16)14(19)17-2/h3-4,9,18H,5-8,10,16H2,1-2H3,(H,17,19). The molecule has 1 heterocycles. The highest BCUT2D eigenvalue weighted by molar-refractivity contribution is 5.95. The van der Waals surface area contributed by atoms with Crippen LogP contribution >= 0.6 is 0 Å². The highest BCUT2D eigenvalue weighted by Crippen LogP contribution is 2.31. The molecule has 2 rings (SSSR count). The van der Waals surface area contributed by atoms with Gasteiger partial charge in [-0.2, -0.15) is 0 Å². The van der Waals surface area contributed by atoms with Gasteiger partial charge in [0.2, 0.25) is 0 Å². The van der Waals surface area contributed by atoms with E-state index in [1.54, 1.807) is 19.2 Å². The lowest BCUT2D eigenvalue weighted by Crippen LogP contribution is -2.33. The highest BCUT2D eigenvalue weighted by Gasteiger charge is 2.27. The Morgan fingerprint density at radius 2 is 2.10 bits per heavy atom. The van der Waals surface area contributed by atoms with Crippen molar-refractivity contribution >= 4 is 17.3 Å². The van der Waals surface area contributed by atoms with Gasteiger partial charge < -0.3 is 21.1 Å². The van der Waals surface area contributed by atoms with Gasteiger partial charge in [-0.1, -0.05) is 6.92 Å². The highest BCUT2D eigenvalue weighted by atomic mass is 16.5. The van der Waals surface area contributed by atoms with E-state index in [-0.39, 0.29) is 11.3 Å². The summed E-state index contributed by atoms with van der Waals surface area (Å²) in [7, 11) is 1.61. The Hall–Kier alpha value is -1.75. The van der Waals surface area contributed by atoms with Crippen LogP contribution in [-0.2, 0) is 4.74 Å². The summed E-state index contributed by atoms with van der Waals surface area (Å²) in [4.78, 5) is 11.5. The second kappa shape index (κ2) is 6.13. The van der Waals surface area contributed by atoms with Crippen LogP contribution in [0.5, 0.6) is 0 Å². The number of anilines is 2. The van der Waals surface area contributed by atoms with Crippen molar-refractivity contribution in [2.45, 2.75) is 19.8 Å². The fourth-order valence-corrected chi connectivity index (χ4v) is 2.36. The van der Waals surface area contributed by atoms with Gasteiger partial charge in [-0.3, -0.25) is 4.79 Å². The molecule has 0 atom stereocenters. The quantitative estimate of drug-likeness (QED) is 0.734. The molecule has 1 aliphatic heterocycles. The minimum atomic E-state index is -0.125. The van der Waals surface area contributed by atoms with Crippen LogP contribution in [0.15, 0.2) is 18.2 Å². The first-order valence-electron chi connectivity index (χ1n) is 6.97. The SMILES string of the molecule is CNC(=O)c1ccc(NCC2(C)CCOCC2)c(N)c1. The molecule has 1 fully saturated rings. The number of hydrogen-bond donors (Lipinski definition) is 3. The Morgan fingerprint density at radius 1 is 1.40 bits per heavy atom. The molecule has 0 saturated carbocycles. The Morgan fingerprint density at radius 3 is 2.70 bits per heavy atom. The summed E-state index contributed by atoms with van der Waals surface area (Å²) in [6, 6.07) is 5.35. The zero-order valence-corrected chi connectivity index (χ0v) is 12.2. The van der Waals surface area contributed by atoms with Gasteiger partial charge in [0.15, 0.2) is 0 Å². The van der Waals surface area contributed by atoms with Crippen molar-refractivity contribution in [1.29, 1.82) is 0 Å². The minimum Gasteiger partial charge on any atom is -0.397 e. The minimum absolute atomic E-state index is 0.125. The summed E-state index contributed by atoms with van der Waals surface area (Å²) in [5.74, 6) is -0.125. The topological polar surface area (TPSA) is 76.4 Å². The van der Waals surface area contributed by atoms with E-state index in [1.165, 1.54) is 0 Å². The Balaban J connectivity index is 2.01. The molecule has 0 radical (unpaired) electrons. The molecule has 1 aromatic rings. The lowest BCUT2D eigenvalue weighted by Gasteiger charge is -2.34. The molecular weight excluding hydrogens is 254 g/mol. The van der Waals surface area contributed by atoms with E-state index in [2.05, 4.69) is 17.6 Å². The average molecular weight is 277 g/mol. The van der Waals surface area contributed by atoms with Gasteiger partial charge in [0.1, 0.15) is 0 Å². The Bertz CT molecular complexity index is 482. The van der Waals surface area contributed by atoms with E-state index in [4.69, 9.17) is 10.5 Å². The zero-order chi connectivity index (χ0) is 14.6. The van der Waals surface area contributed by atoms with Gasteiger partial charge in [-0.25, -0.2) is 0 Å². The molecule has 0 aliphatic carbocycles. The molecule has 5 nitrogen and oxygen atoms in total. The Labute approximate surface area is 119 Å². The maximum atomic E-state index is 11.5. The summed E-state index contributed by atoms with van der Waals surface area (Å²) >= 11 is 0. The third-order valence-electron chi connectivity index (χ3n) is 3.95.